The molecule has 232 valence electrons. The average molecular weight is 605 g/mol. The van der Waals surface area contributed by atoms with E-state index < -0.39 is 0 Å². The number of ether oxygens (including phenoxy) is 2. The molecule has 1 aliphatic heterocycles. The second-order valence-electron chi connectivity index (χ2n) is 11.8. The van der Waals surface area contributed by atoms with Crippen LogP contribution in [0.3, 0.4) is 0 Å². The lowest BCUT2D eigenvalue weighted by Gasteiger charge is -2.23. The maximum absolute atomic E-state index is 13.3. The van der Waals surface area contributed by atoms with Crippen LogP contribution in [-0.2, 0) is 6.54 Å². The summed E-state index contributed by atoms with van der Waals surface area (Å²) in [5.74, 6) is 1.60. The quantitative estimate of drug-likeness (QED) is 0.157. The first-order chi connectivity index (χ1) is 21.9. The number of carbonyl (C=O) groups excluding carboxylic acids is 1. The van der Waals surface area contributed by atoms with Gasteiger partial charge in [0, 0.05) is 29.7 Å². The number of benzene rings is 3. The minimum Gasteiger partial charge on any atom is -0.497 e. The molecule has 6 rings (SSSR count). The summed E-state index contributed by atoms with van der Waals surface area (Å²) in [7, 11) is 1.66. The largest absolute Gasteiger partial charge is 0.497 e. The Bertz CT molecular complexity index is 1790. The van der Waals surface area contributed by atoms with Crippen LogP contribution < -0.4 is 25.4 Å². The van der Waals surface area contributed by atoms with Gasteiger partial charge in [-0.3, -0.25) is 4.79 Å². The highest BCUT2D eigenvalue weighted by Gasteiger charge is 2.22. The Morgan fingerprint density at radius 3 is 2.64 bits per heavy atom. The Balaban J connectivity index is 1.28. The lowest BCUT2D eigenvalue weighted by molar-refractivity contribution is 0.102. The molecule has 45 heavy (non-hydrogen) atoms. The predicted molar refractivity (Wildman–Crippen MR) is 179 cm³/mol. The van der Waals surface area contributed by atoms with E-state index in [0.29, 0.717) is 29.6 Å². The fraction of sp³-hybridized carbons (Fsp3) is 0.306. The molecule has 0 radical (unpaired) electrons. The van der Waals surface area contributed by atoms with Crippen molar-refractivity contribution in [3.05, 3.63) is 101 Å². The standard InChI is InChI=1S/C36H40N6O3/c1-23(2)31-15-12-28(19-24(31)3)40-35(43)26-7-5-8-27(20-26)39-32-16-18-38-34-33(32)36(45-30-9-6-17-37-21-30)41-42(34)22-25-10-13-29(44-4)14-11-25/h5,7-8,10-16,18-20,23,30,37H,6,9,17,21-22H2,1-4H3,(H,38,39)(H,40,43). The Hall–Kier alpha value is -4.89. The fourth-order valence-electron chi connectivity index (χ4n) is 5.84. The molecule has 0 bridgehead atoms. The zero-order chi connectivity index (χ0) is 31.3. The number of pyridine rings is 1. The topological polar surface area (TPSA) is 102 Å². The SMILES string of the molecule is COc1ccc(Cn2nc(OC3CCCNC3)c3c(Nc4cccc(C(=O)Nc5ccc(C(C)C)c(C)c5)c4)ccnc32)cc1. The summed E-state index contributed by atoms with van der Waals surface area (Å²) in [6.07, 6.45) is 3.79. The summed E-state index contributed by atoms with van der Waals surface area (Å²) in [6, 6.07) is 23.4. The van der Waals surface area contributed by atoms with Gasteiger partial charge in [0.25, 0.3) is 5.91 Å². The first-order valence-corrected chi connectivity index (χ1v) is 15.5. The monoisotopic (exact) mass is 604 g/mol. The number of anilines is 3. The normalized spacial score (nSPS) is 14.8. The highest BCUT2D eigenvalue weighted by atomic mass is 16.5. The van der Waals surface area contributed by atoms with E-state index in [-0.39, 0.29) is 12.0 Å². The summed E-state index contributed by atoms with van der Waals surface area (Å²) < 4.78 is 13.7. The van der Waals surface area contributed by atoms with Crippen molar-refractivity contribution in [1.82, 2.24) is 20.1 Å². The maximum atomic E-state index is 13.3. The second-order valence-corrected chi connectivity index (χ2v) is 11.8. The summed E-state index contributed by atoms with van der Waals surface area (Å²) in [4.78, 5) is 18.0. The van der Waals surface area contributed by atoms with Gasteiger partial charge in [-0.2, -0.15) is 0 Å². The highest BCUT2D eigenvalue weighted by Crippen LogP contribution is 2.34. The number of methoxy groups -OCH3 is 1. The smallest absolute Gasteiger partial charge is 0.255 e. The summed E-state index contributed by atoms with van der Waals surface area (Å²) in [6.45, 7) is 8.71. The van der Waals surface area contributed by atoms with Crippen LogP contribution in [0.15, 0.2) is 79.0 Å². The number of amides is 1. The van der Waals surface area contributed by atoms with Crippen molar-refractivity contribution in [3.8, 4) is 11.6 Å². The van der Waals surface area contributed by atoms with E-state index in [9.17, 15) is 4.79 Å². The van der Waals surface area contributed by atoms with Crippen molar-refractivity contribution in [3.63, 3.8) is 0 Å². The number of carbonyl (C=O) groups is 1. The molecule has 5 aromatic rings. The minimum absolute atomic E-state index is 0.0182. The van der Waals surface area contributed by atoms with Gasteiger partial charge in [0.2, 0.25) is 5.88 Å². The molecule has 1 saturated heterocycles. The van der Waals surface area contributed by atoms with Gasteiger partial charge in [-0.05, 0) is 97.4 Å². The number of hydrogen-bond acceptors (Lipinski definition) is 7. The van der Waals surface area contributed by atoms with E-state index in [0.717, 1.165) is 65.3 Å². The van der Waals surface area contributed by atoms with Crippen LogP contribution in [0.25, 0.3) is 11.0 Å². The third-order valence-corrected chi connectivity index (χ3v) is 8.18. The molecule has 1 unspecified atom stereocenters. The van der Waals surface area contributed by atoms with Crippen LogP contribution in [0.5, 0.6) is 11.6 Å². The van der Waals surface area contributed by atoms with E-state index in [2.05, 4.69) is 42.8 Å². The molecule has 1 fully saturated rings. The van der Waals surface area contributed by atoms with Crippen LogP contribution >= 0.6 is 0 Å². The molecule has 0 spiro atoms. The molecule has 0 aliphatic carbocycles. The minimum atomic E-state index is -0.170. The van der Waals surface area contributed by atoms with Crippen LogP contribution in [0.1, 0.15) is 59.7 Å². The molecule has 0 saturated carbocycles. The first-order valence-electron chi connectivity index (χ1n) is 15.5. The van der Waals surface area contributed by atoms with Crippen molar-refractivity contribution in [2.45, 2.75) is 52.2 Å². The van der Waals surface area contributed by atoms with Crippen LogP contribution in [-0.4, -0.2) is 47.0 Å². The van der Waals surface area contributed by atoms with Crippen molar-refractivity contribution in [2.75, 3.05) is 30.8 Å². The molecule has 3 aromatic carbocycles. The maximum Gasteiger partial charge on any atom is 0.255 e. The number of piperidine rings is 1. The Morgan fingerprint density at radius 1 is 1.07 bits per heavy atom. The van der Waals surface area contributed by atoms with Crippen LogP contribution in [0.4, 0.5) is 17.1 Å². The molecule has 1 aliphatic rings. The fourth-order valence-corrected chi connectivity index (χ4v) is 5.84. The number of hydrogen-bond donors (Lipinski definition) is 3. The number of fused-ring (bicyclic) bond motifs is 1. The lowest BCUT2D eigenvalue weighted by Crippen LogP contribution is -2.37. The zero-order valence-electron chi connectivity index (χ0n) is 26.3. The number of nitrogens with zero attached hydrogens (tertiary/aromatic N) is 3. The van der Waals surface area contributed by atoms with Gasteiger partial charge in [0.05, 0.1) is 19.3 Å². The van der Waals surface area contributed by atoms with Crippen molar-refractivity contribution >= 4 is 34.0 Å². The summed E-state index contributed by atoms with van der Waals surface area (Å²) >= 11 is 0. The van der Waals surface area contributed by atoms with Gasteiger partial charge in [-0.25, -0.2) is 9.67 Å². The third-order valence-electron chi connectivity index (χ3n) is 8.18. The number of aromatic nitrogens is 3. The van der Waals surface area contributed by atoms with Crippen molar-refractivity contribution in [2.24, 2.45) is 0 Å². The van der Waals surface area contributed by atoms with Crippen molar-refractivity contribution < 1.29 is 14.3 Å². The molecular weight excluding hydrogens is 564 g/mol. The Morgan fingerprint density at radius 2 is 1.91 bits per heavy atom. The van der Waals surface area contributed by atoms with Crippen LogP contribution in [0.2, 0.25) is 0 Å². The third kappa shape index (κ3) is 6.94. The average Bonchev–Trinajstić information content (AvgIpc) is 3.39. The van der Waals surface area contributed by atoms with Crippen molar-refractivity contribution in [1.29, 1.82) is 0 Å². The molecule has 2 aromatic heterocycles. The molecule has 3 heterocycles. The van der Waals surface area contributed by atoms with Gasteiger partial charge in [-0.1, -0.05) is 38.1 Å². The van der Waals surface area contributed by atoms with Gasteiger partial charge in [0.1, 0.15) is 17.2 Å². The van der Waals surface area contributed by atoms with Gasteiger partial charge < -0.3 is 25.4 Å². The van der Waals surface area contributed by atoms with Crippen LogP contribution in [0, 0.1) is 6.92 Å². The van der Waals surface area contributed by atoms with E-state index in [1.807, 2.05) is 71.4 Å². The summed E-state index contributed by atoms with van der Waals surface area (Å²) in [5, 5.41) is 15.7. The summed E-state index contributed by atoms with van der Waals surface area (Å²) in [5.41, 5.74) is 7.12. The Kier molecular flexibility index (Phi) is 8.98. The molecule has 9 heteroatoms. The van der Waals surface area contributed by atoms with E-state index in [1.165, 1.54) is 5.56 Å². The Labute approximate surface area is 264 Å². The van der Waals surface area contributed by atoms with E-state index in [1.54, 1.807) is 13.3 Å². The van der Waals surface area contributed by atoms with E-state index >= 15 is 0 Å². The number of nitrogens with one attached hydrogen (secondary N) is 3. The lowest BCUT2D eigenvalue weighted by atomic mass is 9.97. The molecule has 1 atom stereocenters. The molecule has 9 nitrogen and oxygen atoms in total. The number of rotatable bonds is 10. The molecular formula is C36H40N6O3. The van der Waals surface area contributed by atoms with E-state index in [4.69, 9.17) is 19.6 Å². The molecule has 3 N–H and O–H groups in total. The molecule has 1 amide bonds. The highest BCUT2D eigenvalue weighted by molar-refractivity contribution is 6.05. The zero-order valence-corrected chi connectivity index (χ0v) is 26.3. The van der Waals surface area contributed by atoms with Gasteiger partial charge in [-0.15, -0.1) is 5.10 Å². The van der Waals surface area contributed by atoms with Gasteiger partial charge in [0.15, 0.2) is 5.65 Å². The second kappa shape index (κ2) is 13.4. The van der Waals surface area contributed by atoms with Gasteiger partial charge >= 0.3 is 0 Å². The first kappa shape index (κ1) is 30.1. The number of aryl methyl sites for hydroxylation is 1. The predicted octanol–water partition coefficient (Wildman–Crippen LogP) is 7.05.